The van der Waals surface area contributed by atoms with Gasteiger partial charge in [-0.2, -0.15) is 0 Å². The molecule has 5 heterocycles. The third-order valence-corrected chi connectivity index (χ3v) is 6.74. The smallest absolute Gasteiger partial charge is 0.235 e. The van der Waals surface area contributed by atoms with Gasteiger partial charge >= 0.3 is 0 Å². The van der Waals surface area contributed by atoms with E-state index >= 15 is 0 Å². The van der Waals surface area contributed by atoms with Crippen LogP contribution in [0.25, 0.3) is 22.6 Å². The molecule has 0 aliphatic carbocycles. The highest BCUT2D eigenvalue weighted by Crippen LogP contribution is 2.36. The van der Waals surface area contributed by atoms with Crippen LogP contribution in [0.15, 0.2) is 85.6 Å². The Morgan fingerprint density at radius 1 is 1.00 bits per heavy atom. The first-order chi connectivity index (χ1) is 20.5. The van der Waals surface area contributed by atoms with Crippen LogP contribution in [0.3, 0.4) is 0 Å². The lowest BCUT2D eigenvalue weighted by Gasteiger charge is -2.35. The molecule has 0 radical (unpaired) electrons. The highest BCUT2D eigenvalue weighted by Gasteiger charge is 2.41. The zero-order valence-electron chi connectivity index (χ0n) is 22.6. The number of nitrogens with one attached hydrogen (secondary N) is 3. The molecule has 0 bridgehead atoms. The van der Waals surface area contributed by atoms with Gasteiger partial charge in [0.2, 0.25) is 18.1 Å². The van der Waals surface area contributed by atoms with Crippen molar-refractivity contribution in [2.75, 3.05) is 23.8 Å². The van der Waals surface area contributed by atoms with E-state index in [0.717, 1.165) is 5.56 Å². The van der Waals surface area contributed by atoms with Crippen molar-refractivity contribution in [3.05, 3.63) is 103 Å². The maximum atomic E-state index is 13.7. The minimum Gasteiger partial charge on any atom is -0.350 e. The zero-order chi connectivity index (χ0) is 28.9. The number of anilines is 2. The van der Waals surface area contributed by atoms with Gasteiger partial charge in [0, 0.05) is 48.8 Å². The van der Waals surface area contributed by atoms with Crippen LogP contribution in [0.4, 0.5) is 16.0 Å². The average Bonchev–Trinajstić information content (AvgIpc) is 3.47. The van der Waals surface area contributed by atoms with Crippen molar-refractivity contribution in [2.24, 2.45) is 5.41 Å². The number of amides is 1. The van der Waals surface area contributed by atoms with Gasteiger partial charge in [0.05, 0.1) is 35.7 Å². The molecule has 0 atom stereocenters. The third-order valence-electron chi connectivity index (χ3n) is 6.74. The highest BCUT2D eigenvalue weighted by molar-refractivity contribution is 5.95. The number of halogens is 1. The van der Waals surface area contributed by atoms with E-state index in [0.29, 0.717) is 46.7 Å². The van der Waals surface area contributed by atoms with Crippen molar-refractivity contribution < 1.29 is 18.7 Å². The van der Waals surface area contributed by atoms with E-state index in [1.807, 2.05) is 12.1 Å². The summed E-state index contributed by atoms with van der Waals surface area (Å²) in [6.45, 7) is 2.48. The molecule has 212 valence electrons. The van der Waals surface area contributed by atoms with Crippen LogP contribution in [0.5, 0.6) is 0 Å². The first kappa shape index (κ1) is 27.1. The van der Waals surface area contributed by atoms with E-state index in [1.54, 1.807) is 68.2 Å². The molecule has 6 rings (SSSR count). The van der Waals surface area contributed by atoms with E-state index in [4.69, 9.17) is 14.5 Å². The number of pyridine rings is 2. The molecule has 1 fully saturated rings. The lowest BCUT2D eigenvalue weighted by atomic mass is 9.91. The predicted molar refractivity (Wildman–Crippen MR) is 152 cm³/mol. The predicted octanol–water partition coefficient (Wildman–Crippen LogP) is 4.77. The number of carbonyl (C=O) groups excluding carboxylic acids is 1. The number of ether oxygens (including phenoxy) is 2. The van der Waals surface area contributed by atoms with Gasteiger partial charge in [-0.3, -0.25) is 14.8 Å². The van der Waals surface area contributed by atoms with Gasteiger partial charge < -0.3 is 25.1 Å². The van der Waals surface area contributed by atoms with Crippen molar-refractivity contribution >= 4 is 17.5 Å². The zero-order valence-corrected chi connectivity index (χ0v) is 22.6. The molecule has 0 unspecified atom stereocenters. The van der Waals surface area contributed by atoms with Gasteiger partial charge in [0.1, 0.15) is 5.82 Å². The Bertz CT molecular complexity index is 1660. The molecular weight excluding hydrogens is 539 g/mol. The molecule has 12 heteroatoms. The van der Waals surface area contributed by atoms with Crippen LogP contribution < -0.4 is 10.6 Å². The summed E-state index contributed by atoms with van der Waals surface area (Å²) in [4.78, 5) is 38.2. The number of aromatic nitrogens is 6. The van der Waals surface area contributed by atoms with Crippen molar-refractivity contribution in [1.82, 2.24) is 29.9 Å². The molecular formula is C30H27FN8O3. The number of rotatable bonds is 8. The van der Waals surface area contributed by atoms with Gasteiger partial charge in [-0.05, 0) is 61.0 Å². The van der Waals surface area contributed by atoms with E-state index in [-0.39, 0.29) is 24.9 Å². The second-order valence-corrected chi connectivity index (χ2v) is 10.0. The van der Waals surface area contributed by atoms with Crippen LogP contribution in [0.2, 0.25) is 0 Å². The Morgan fingerprint density at radius 3 is 2.52 bits per heavy atom. The summed E-state index contributed by atoms with van der Waals surface area (Å²) in [6.07, 6.45) is 7.47. The standard InChI is InChI=1S/C30H27FN8O3/c1-30(28(40)36-22-8-12-32-13-9-22)17-41-27(42-18-30)26-38-24(20-4-6-21(31)7-5-20)25(39-26)23-10-14-34-29(37-23)35-16-19-3-2-11-33-15-19/h2-15,27H,16-18H2,1H3,(H,38,39)(H,32,36,40)(H,34,35,37). The number of H-pyrrole nitrogens is 1. The Morgan fingerprint density at radius 2 is 1.79 bits per heavy atom. The van der Waals surface area contributed by atoms with Crippen LogP contribution in [0.1, 0.15) is 24.6 Å². The molecule has 1 saturated heterocycles. The first-order valence-electron chi connectivity index (χ1n) is 13.2. The minimum atomic E-state index is -0.920. The van der Waals surface area contributed by atoms with Crippen LogP contribution >= 0.6 is 0 Å². The number of carbonyl (C=O) groups is 1. The Hall–Kier alpha value is -5.07. The van der Waals surface area contributed by atoms with Crippen molar-refractivity contribution in [2.45, 2.75) is 19.8 Å². The van der Waals surface area contributed by atoms with Crippen molar-refractivity contribution in [3.63, 3.8) is 0 Å². The normalized spacial score (nSPS) is 18.4. The fourth-order valence-electron chi connectivity index (χ4n) is 4.39. The topological polar surface area (TPSA) is 140 Å². The van der Waals surface area contributed by atoms with E-state index < -0.39 is 11.7 Å². The highest BCUT2D eigenvalue weighted by atomic mass is 19.1. The minimum absolute atomic E-state index is 0.104. The summed E-state index contributed by atoms with van der Waals surface area (Å²) in [5.41, 5.74) is 3.06. The molecule has 42 heavy (non-hydrogen) atoms. The van der Waals surface area contributed by atoms with E-state index in [2.05, 4.69) is 35.6 Å². The van der Waals surface area contributed by atoms with Gasteiger partial charge in [-0.15, -0.1) is 0 Å². The summed E-state index contributed by atoms with van der Waals surface area (Å²) in [6, 6.07) is 15.0. The number of aromatic amines is 1. The maximum absolute atomic E-state index is 13.7. The average molecular weight is 567 g/mol. The Labute approximate surface area is 240 Å². The molecule has 0 spiro atoms. The molecule has 0 saturated carbocycles. The SMILES string of the molecule is CC1(C(=O)Nc2ccncc2)COC(c2nc(-c3ccc(F)cc3)c(-c3ccnc(NCc4cccnc4)n3)[nH]2)OC1. The molecule has 1 aromatic carbocycles. The molecule has 1 aliphatic heterocycles. The third kappa shape index (κ3) is 5.99. The fourth-order valence-corrected chi connectivity index (χ4v) is 4.39. The van der Waals surface area contributed by atoms with Gasteiger partial charge in [0.25, 0.3) is 0 Å². The Kier molecular flexibility index (Phi) is 7.62. The first-order valence-corrected chi connectivity index (χ1v) is 13.2. The quantitative estimate of drug-likeness (QED) is 0.242. The molecule has 1 amide bonds. The lowest BCUT2D eigenvalue weighted by Crippen LogP contribution is -2.45. The maximum Gasteiger partial charge on any atom is 0.235 e. The monoisotopic (exact) mass is 566 g/mol. The van der Waals surface area contributed by atoms with Crippen molar-refractivity contribution in [1.29, 1.82) is 0 Å². The van der Waals surface area contributed by atoms with Gasteiger partial charge in [-0.1, -0.05) is 6.07 Å². The van der Waals surface area contributed by atoms with Crippen molar-refractivity contribution in [3.8, 4) is 22.6 Å². The summed E-state index contributed by atoms with van der Waals surface area (Å²) in [5.74, 6) is 0.220. The van der Waals surface area contributed by atoms with Gasteiger partial charge in [0.15, 0.2) is 5.82 Å². The largest absolute Gasteiger partial charge is 0.350 e. The van der Waals surface area contributed by atoms with E-state index in [1.165, 1.54) is 12.1 Å². The number of nitrogens with zero attached hydrogens (tertiary/aromatic N) is 5. The second-order valence-electron chi connectivity index (χ2n) is 10.0. The molecule has 5 aromatic rings. The van der Waals surface area contributed by atoms with Crippen LogP contribution in [-0.2, 0) is 20.8 Å². The van der Waals surface area contributed by atoms with Gasteiger partial charge in [-0.25, -0.2) is 19.3 Å². The summed E-state index contributed by atoms with van der Waals surface area (Å²) in [7, 11) is 0. The molecule has 4 aromatic heterocycles. The molecule has 1 aliphatic rings. The summed E-state index contributed by atoms with van der Waals surface area (Å²) < 4.78 is 25.8. The summed E-state index contributed by atoms with van der Waals surface area (Å²) >= 11 is 0. The number of imidazole rings is 1. The number of hydrogen-bond acceptors (Lipinski definition) is 9. The van der Waals surface area contributed by atoms with Crippen LogP contribution in [-0.4, -0.2) is 49.0 Å². The lowest BCUT2D eigenvalue weighted by molar-refractivity contribution is -0.229. The number of benzene rings is 1. The van der Waals surface area contributed by atoms with E-state index in [9.17, 15) is 9.18 Å². The summed E-state index contributed by atoms with van der Waals surface area (Å²) in [5, 5.41) is 6.08. The fraction of sp³-hybridized carbons (Fsp3) is 0.200. The second kappa shape index (κ2) is 11.8. The Balaban J connectivity index is 1.24. The molecule has 3 N–H and O–H groups in total. The van der Waals surface area contributed by atoms with Crippen LogP contribution in [0, 0.1) is 11.2 Å². The number of hydrogen-bond donors (Lipinski definition) is 3. The molecule has 11 nitrogen and oxygen atoms in total.